The first-order chi connectivity index (χ1) is 15.7. The highest BCUT2D eigenvalue weighted by molar-refractivity contribution is 5.83. The number of hydrogen-bond acceptors (Lipinski definition) is 4. The Morgan fingerprint density at radius 2 is 1.81 bits per heavy atom. The lowest BCUT2D eigenvalue weighted by Crippen LogP contribution is -2.48. The van der Waals surface area contributed by atoms with Crippen molar-refractivity contribution in [3.05, 3.63) is 84.2 Å². The van der Waals surface area contributed by atoms with E-state index in [0.717, 1.165) is 36.1 Å². The molecule has 5 heteroatoms. The minimum absolute atomic E-state index is 0.0109. The average Bonchev–Trinajstić information content (AvgIpc) is 3.27. The molecule has 0 aliphatic carbocycles. The van der Waals surface area contributed by atoms with E-state index in [0.29, 0.717) is 26.2 Å². The first kappa shape index (κ1) is 20.7. The molecule has 164 valence electrons. The summed E-state index contributed by atoms with van der Waals surface area (Å²) in [6.07, 6.45) is 6.59. The molecule has 2 aliphatic heterocycles. The minimum atomic E-state index is -0.458. The van der Waals surface area contributed by atoms with Crippen LogP contribution >= 0.6 is 0 Å². The lowest BCUT2D eigenvalue weighted by molar-refractivity contribution is -0.137. The quantitative estimate of drug-likeness (QED) is 0.639. The number of nitrogens with zero attached hydrogens (tertiary/aromatic N) is 1. The molecule has 1 atom stereocenters. The molecule has 1 amide bonds. The maximum atomic E-state index is 13.5. The van der Waals surface area contributed by atoms with Gasteiger partial charge in [0.15, 0.2) is 0 Å². The third-order valence-electron chi connectivity index (χ3n) is 6.62. The van der Waals surface area contributed by atoms with Crippen LogP contribution in [0.4, 0.5) is 0 Å². The number of pyridine rings is 1. The molecule has 1 fully saturated rings. The van der Waals surface area contributed by atoms with Gasteiger partial charge in [-0.3, -0.25) is 9.78 Å². The molecule has 1 N–H and O–H groups in total. The average molecular weight is 429 g/mol. The van der Waals surface area contributed by atoms with Crippen molar-refractivity contribution >= 4 is 5.91 Å². The molecule has 2 aromatic carbocycles. The fourth-order valence-corrected chi connectivity index (χ4v) is 4.80. The summed E-state index contributed by atoms with van der Waals surface area (Å²) in [7, 11) is 0. The highest BCUT2D eigenvalue weighted by Gasteiger charge is 2.40. The fraction of sp³-hybridized carbons (Fsp3) is 0.333. The monoisotopic (exact) mass is 428 g/mol. The summed E-state index contributed by atoms with van der Waals surface area (Å²) in [5.41, 5.74) is 4.19. The summed E-state index contributed by atoms with van der Waals surface area (Å²) >= 11 is 0. The highest BCUT2D eigenvalue weighted by atomic mass is 16.5. The number of ether oxygens (including phenoxy) is 2. The molecule has 0 saturated carbocycles. The van der Waals surface area contributed by atoms with Crippen molar-refractivity contribution in [1.29, 1.82) is 0 Å². The summed E-state index contributed by atoms with van der Waals surface area (Å²) in [6.45, 7) is 1.75. The summed E-state index contributed by atoms with van der Waals surface area (Å²) in [5, 5.41) is 3.21. The topological polar surface area (TPSA) is 60.5 Å². The van der Waals surface area contributed by atoms with E-state index in [1.54, 1.807) is 12.4 Å². The zero-order valence-corrected chi connectivity index (χ0v) is 18.1. The second kappa shape index (κ2) is 9.13. The zero-order valence-electron chi connectivity index (χ0n) is 18.1. The van der Waals surface area contributed by atoms with E-state index in [2.05, 4.69) is 40.6 Å². The second-order valence-corrected chi connectivity index (χ2v) is 8.77. The normalized spacial score (nSPS) is 19.1. The van der Waals surface area contributed by atoms with Crippen molar-refractivity contribution in [1.82, 2.24) is 10.3 Å². The Labute approximate surface area is 188 Å². The van der Waals surface area contributed by atoms with Crippen molar-refractivity contribution in [2.45, 2.75) is 31.8 Å². The summed E-state index contributed by atoms with van der Waals surface area (Å²) in [5.74, 6) is 1.04. The Balaban J connectivity index is 1.29. The molecule has 0 unspecified atom stereocenters. The van der Waals surface area contributed by atoms with Gasteiger partial charge in [0.05, 0.1) is 12.0 Å². The fourth-order valence-electron chi connectivity index (χ4n) is 4.80. The van der Waals surface area contributed by atoms with Gasteiger partial charge < -0.3 is 14.8 Å². The standard InChI is InChI=1S/C27H28N2O3/c30-26(29-19-24-17-23-5-1-2-7-25(23)32-24)27(10-14-31-15-11-27)18-20-4-3-6-22(16-20)21-8-12-28-13-9-21/h1-9,12-13,16,24H,10-11,14-15,17-19H2,(H,29,30)/t24-/m0/s1. The molecule has 3 heterocycles. The van der Waals surface area contributed by atoms with Gasteiger partial charge in [-0.05, 0) is 59.7 Å². The van der Waals surface area contributed by atoms with Crippen molar-refractivity contribution in [3.8, 4) is 16.9 Å². The zero-order chi connectivity index (χ0) is 21.8. The van der Waals surface area contributed by atoms with Gasteiger partial charge in [-0.25, -0.2) is 0 Å². The van der Waals surface area contributed by atoms with Crippen LogP contribution in [0.2, 0.25) is 0 Å². The van der Waals surface area contributed by atoms with Crippen LogP contribution in [-0.4, -0.2) is 36.8 Å². The van der Waals surface area contributed by atoms with Crippen molar-refractivity contribution in [2.75, 3.05) is 19.8 Å². The summed E-state index contributed by atoms with van der Waals surface area (Å²) < 4.78 is 11.6. The van der Waals surface area contributed by atoms with Gasteiger partial charge in [0.2, 0.25) is 5.91 Å². The molecule has 5 nitrogen and oxygen atoms in total. The van der Waals surface area contributed by atoms with E-state index < -0.39 is 5.41 Å². The molecule has 32 heavy (non-hydrogen) atoms. The second-order valence-electron chi connectivity index (χ2n) is 8.77. The van der Waals surface area contributed by atoms with E-state index in [9.17, 15) is 4.79 Å². The molecule has 3 aromatic rings. The van der Waals surface area contributed by atoms with Crippen molar-refractivity contribution < 1.29 is 14.3 Å². The SMILES string of the molecule is O=C(NC[C@@H]1Cc2ccccc2O1)C1(Cc2cccc(-c3ccncc3)c2)CCOCC1. The number of carbonyl (C=O) groups excluding carboxylic acids is 1. The lowest BCUT2D eigenvalue weighted by Gasteiger charge is -2.36. The number of nitrogens with one attached hydrogen (secondary N) is 1. The number of para-hydroxylation sites is 1. The number of amides is 1. The number of benzene rings is 2. The van der Waals surface area contributed by atoms with E-state index in [4.69, 9.17) is 9.47 Å². The summed E-state index contributed by atoms with van der Waals surface area (Å²) in [6, 6.07) is 20.6. The van der Waals surface area contributed by atoms with Crippen LogP contribution in [-0.2, 0) is 22.4 Å². The largest absolute Gasteiger partial charge is 0.488 e. The predicted octanol–water partition coefficient (Wildman–Crippen LogP) is 4.21. The lowest BCUT2D eigenvalue weighted by atomic mass is 9.74. The third-order valence-corrected chi connectivity index (χ3v) is 6.62. The van der Waals surface area contributed by atoms with Crippen molar-refractivity contribution in [2.24, 2.45) is 5.41 Å². The van der Waals surface area contributed by atoms with Crippen LogP contribution in [0.5, 0.6) is 5.75 Å². The number of carbonyl (C=O) groups is 1. The van der Waals surface area contributed by atoms with E-state index in [1.807, 2.05) is 30.3 Å². The van der Waals surface area contributed by atoms with Crippen LogP contribution in [0.3, 0.4) is 0 Å². The van der Waals surface area contributed by atoms with Gasteiger partial charge >= 0.3 is 0 Å². The predicted molar refractivity (Wildman–Crippen MR) is 123 cm³/mol. The molecule has 0 bridgehead atoms. The van der Waals surface area contributed by atoms with Gasteiger partial charge in [0, 0.05) is 32.0 Å². The first-order valence-electron chi connectivity index (χ1n) is 11.3. The van der Waals surface area contributed by atoms with E-state index >= 15 is 0 Å². The van der Waals surface area contributed by atoms with Gasteiger partial charge in [-0.15, -0.1) is 0 Å². The number of hydrogen-bond donors (Lipinski definition) is 1. The summed E-state index contributed by atoms with van der Waals surface area (Å²) in [4.78, 5) is 17.6. The molecule has 2 aliphatic rings. The van der Waals surface area contributed by atoms with Crippen molar-refractivity contribution in [3.63, 3.8) is 0 Å². The molecule has 0 radical (unpaired) electrons. The van der Waals surface area contributed by atoms with Crippen LogP contribution in [0.25, 0.3) is 11.1 Å². The molecule has 1 aromatic heterocycles. The number of rotatable bonds is 6. The van der Waals surface area contributed by atoms with E-state index in [-0.39, 0.29) is 12.0 Å². The Hall–Kier alpha value is -3.18. The maximum absolute atomic E-state index is 13.5. The van der Waals surface area contributed by atoms with Crippen LogP contribution in [0.1, 0.15) is 24.0 Å². The Kier molecular flexibility index (Phi) is 5.91. The van der Waals surface area contributed by atoms with Gasteiger partial charge in [0.1, 0.15) is 11.9 Å². The Morgan fingerprint density at radius 3 is 2.62 bits per heavy atom. The minimum Gasteiger partial charge on any atom is -0.488 e. The molecule has 0 spiro atoms. The van der Waals surface area contributed by atoms with Gasteiger partial charge in [-0.1, -0.05) is 42.5 Å². The van der Waals surface area contributed by atoms with E-state index in [1.165, 1.54) is 11.1 Å². The molecular weight excluding hydrogens is 400 g/mol. The van der Waals surface area contributed by atoms with Crippen LogP contribution in [0.15, 0.2) is 73.1 Å². The first-order valence-corrected chi connectivity index (χ1v) is 11.3. The highest BCUT2D eigenvalue weighted by Crippen LogP contribution is 2.36. The smallest absolute Gasteiger partial charge is 0.226 e. The third kappa shape index (κ3) is 4.39. The van der Waals surface area contributed by atoms with Crippen LogP contribution < -0.4 is 10.1 Å². The Morgan fingerprint density at radius 1 is 1.00 bits per heavy atom. The molecule has 1 saturated heterocycles. The molecule has 5 rings (SSSR count). The van der Waals surface area contributed by atoms with Crippen LogP contribution in [0, 0.1) is 5.41 Å². The Bertz CT molecular complexity index is 1050. The number of fused-ring (bicyclic) bond motifs is 1. The van der Waals surface area contributed by atoms with Gasteiger partial charge in [0.25, 0.3) is 0 Å². The van der Waals surface area contributed by atoms with Gasteiger partial charge in [-0.2, -0.15) is 0 Å². The number of aromatic nitrogens is 1. The molecular formula is C27H28N2O3. The maximum Gasteiger partial charge on any atom is 0.226 e.